The molecule has 1 saturated heterocycles. The summed E-state index contributed by atoms with van der Waals surface area (Å²) in [6, 6.07) is 8.54. The van der Waals surface area contributed by atoms with E-state index in [1.54, 1.807) is 24.4 Å². The Morgan fingerprint density at radius 2 is 1.97 bits per heavy atom. The smallest absolute Gasteiger partial charge is 0.137 e. The van der Waals surface area contributed by atoms with Crippen molar-refractivity contribution in [2.24, 2.45) is 11.1 Å². The maximum absolute atomic E-state index is 14.5. The van der Waals surface area contributed by atoms with E-state index in [-0.39, 0.29) is 23.8 Å². The number of nitrogens with one attached hydrogen (secondary N) is 1. The lowest BCUT2D eigenvalue weighted by atomic mass is 9.99. The molecule has 7 heteroatoms. The highest BCUT2D eigenvalue weighted by molar-refractivity contribution is 5.85. The van der Waals surface area contributed by atoms with Gasteiger partial charge < -0.3 is 14.9 Å². The van der Waals surface area contributed by atoms with Crippen LogP contribution in [0.2, 0.25) is 0 Å². The number of nitrogens with zero attached hydrogens (tertiary/aromatic N) is 2. The highest BCUT2D eigenvalue weighted by Gasteiger charge is 2.14. The molecule has 0 radical (unpaired) electrons. The number of pyridine rings is 1. The van der Waals surface area contributed by atoms with Crippen LogP contribution in [0, 0.1) is 11.7 Å². The van der Waals surface area contributed by atoms with Crippen molar-refractivity contribution in [3.63, 3.8) is 0 Å². The van der Waals surface area contributed by atoms with E-state index in [1.165, 1.54) is 12.3 Å². The molecule has 0 saturated carbocycles. The molecule has 0 amide bonds. The SMILES string of the molecule is CC(C)(C)O/N=C/c1ccc(-c2ccc(OCC3CCNCC3)cn2)c(F)c1.Cl. The average Bonchev–Trinajstić information content (AvgIpc) is 2.67. The zero-order valence-corrected chi connectivity index (χ0v) is 18.0. The topological polar surface area (TPSA) is 55.7 Å². The molecule has 5 nitrogen and oxygen atoms in total. The molecule has 3 rings (SSSR count). The number of aromatic nitrogens is 1. The second kappa shape index (κ2) is 10.6. The summed E-state index contributed by atoms with van der Waals surface area (Å²) < 4.78 is 20.4. The van der Waals surface area contributed by atoms with Crippen LogP contribution < -0.4 is 10.1 Å². The predicted octanol–water partition coefficient (Wildman–Crippen LogP) is 4.84. The van der Waals surface area contributed by atoms with Crippen LogP contribution in [0.25, 0.3) is 11.3 Å². The van der Waals surface area contributed by atoms with Gasteiger partial charge in [0.2, 0.25) is 0 Å². The fourth-order valence-electron chi connectivity index (χ4n) is 2.95. The Balaban J connectivity index is 0.00000300. The second-order valence-electron chi connectivity index (χ2n) is 8.06. The Bertz CT molecular complexity index is 801. The number of hydrogen-bond acceptors (Lipinski definition) is 5. The van der Waals surface area contributed by atoms with Crippen molar-refractivity contribution in [3.05, 3.63) is 47.9 Å². The van der Waals surface area contributed by atoms with Crippen LogP contribution in [0.15, 0.2) is 41.7 Å². The summed E-state index contributed by atoms with van der Waals surface area (Å²) in [6.07, 6.45) is 5.42. The zero-order chi connectivity index (χ0) is 20.0. The van der Waals surface area contributed by atoms with Crippen LogP contribution in [0.1, 0.15) is 39.2 Å². The van der Waals surface area contributed by atoms with Gasteiger partial charge in [0.25, 0.3) is 0 Å². The third-order valence-electron chi connectivity index (χ3n) is 4.48. The third-order valence-corrected chi connectivity index (χ3v) is 4.48. The van der Waals surface area contributed by atoms with E-state index in [0.717, 1.165) is 25.9 Å². The molecular weight excluding hydrogens is 393 g/mol. The molecule has 1 N–H and O–H groups in total. The Morgan fingerprint density at radius 1 is 1.21 bits per heavy atom. The number of piperidine rings is 1. The van der Waals surface area contributed by atoms with E-state index in [2.05, 4.69) is 15.5 Å². The Morgan fingerprint density at radius 3 is 2.59 bits per heavy atom. The van der Waals surface area contributed by atoms with Gasteiger partial charge in [-0.3, -0.25) is 4.98 Å². The van der Waals surface area contributed by atoms with E-state index in [9.17, 15) is 4.39 Å². The molecule has 1 aromatic heterocycles. The van der Waals surface area contributed by atoms with Gasteiger partial charge in [-0.25, -0.2) is 4.39 Å². The summed E-state index contributed by atoms with van der Waals surface area (Å²) in [5.41, 5.74) is 1.27. The van der Waals surface area contributed by atoms with E-state index >= 15 is 0 Å². The van der Waals surface area contributed by atoms with Gasteiger partial charge in [-0.1, -0.05) is 11.2 Å². The minimum absolute atomic E-state index is 0. The van der Waals surface area contributed by atoms with Crippen LogP contribution in [-0.2, 0) is 4.84 Å². The quantitative estimate of drug-likeness (QED) is 0.535. The first kappa shape index (κ1) is 23.1. The maximum Gasteiger partial charge on any atom is 0.137 e. The summed E-state index contributed by atoms with van der Waals surface area (Å²) >= 11 is 0. The van der Waals surface area contributed by atoms with E-state index < -0.39 is 0 Å². The Kier molecular flexibility index (Phi) is 8.41. The summed E-state index contributed by atoms with van der Waals surface area (Å²) in [4.78, 5) is 9.65. The van der Waals surface area contributed by atoms with Gasteiger partial charge in [0.1, 0.15) is 17.2 Å². The molecule has 0 unspecified atom stereocenters. The molecule has 158 valence electrons. The van der Waals surface area contributed by atoms with Gasteiger partial charge in [-0.2, -0.15) is 0 Å². The molecule has 2 aromatic rings. The van der Waals surface area contributed by atoms with Crippen molar-refractivity contribution in [1.82, 2.24) is 10.3 Å². The maximum atomic E-state index is 14.5. The van der Waals surface area contributed by atoms with Gasteiger partial charge in [0.05, 0.1) is 24.7 Å². The molecule has 0 aliphatic carbocycles. The van der Waals surface area contributed by atoms with Crippen molar-refractivity contribution < 1.29 is 14.0 Å². The molecule has 1 fully saturated rings. The van der Waals surface area contributed by atoms with E-state index in [1.807, 2.05) is 26.8 Å². The third kappa shape index (κ3) is 7.29. The van der Waals surface area contributed by atoms with Gasteiger partial charge in [-0.15, -0.1) is 12.4 Å². The first-order valence-corrected chi connectivity index (χ1v) is 9.72. The van der Waals surface area contributed by atoms with Crippen molar-refractivity contribution in [1.29, 1.82) is 0 Å². The van der Waals surface area contributed by atoms with E-state index in [4.69, 9.17) is 9.57 Å². The van der Waals surface area contributed by atoms with Crippen LogP contribution in [-0.4, -0.2) is 36.5 Å². The second-order valence-corrected chi connectivity index (χ2v) is 8.06. The molecular formula is C22H29ClFN3O2. The van der Waals surface area contributed by atoms with E-state index in [0.29, 0.717) is 35.1 Å². The molecule has 1 aromatic carbocycles. The standard InChI is InChI=1S/C22H28FN3O2.ClH/c1-22(2,3)28-26-13-17-4-6-19(20(23)12-17)21-7-5-18(14-25-21)27-15-16-8-10-24-11-9-16;/h4-7,12-14,16,24H,8-11,15H2,1-3H3;1H/b26-13+;. The van der Waals surface area contributed by atoms with Crippen molar-refractivity contribution >= 4 is 18.6 Å². The first-order chi connectivity index (χ1) is 13.4. The van der Waals surface area contributed by atoms with Crippen molar-refractivity contribution in [2.75, 3.05) is 19.7 Å². The Hall–Kier alpha value is -2.18. The molecule has 0 bridgehead atoms. The summed E-state index contributed by atoms with van der Waals surface area (Å²) in [7, 11) is 0. The number of ether oxygens (including phenoxy) is 1. The minimum Gasteiger partial charge on any atom is -0.492 e. The number of halogens is 2. The number of rotatable bonds is 6. The van der Waals surface area contributed by atoms with Gasteiger partial charge in [0, 0.05) is 5.56 Å². The summed E-state index contributed by atoms with van der Waals surface area (Å²) in [5.74, 6) is 0.941. The van der Waals surface area contributed by atoms with Gasteiger partial charge >= 0.3 is 0 Å². The van der Waals surface area contributed by atoms with Gasteiger partial charge in [0.15, 0.2) is 0 Å². The summed E-state index contributed by atoms with van der Waals surface area (Å²) in [6.45, 7) is 8.50. The number of oxime groups is 1. The molecule has 2 heterocycles. The fraction of sp³-hybridized carbons (Fsp3) is 0.455. The van der Waals surface area contributed by atoms with Crippen LogP contribution >= 0.6 is 12.4 Å². The first-order valence-electron chi connectivity index (χ1n) is 9.72. The lowest BCUT2D eigenvalue weighted by Gasteiger charge is -2.22. The number of benzene rings is 1. The highest BCUT2D eigenvalue weighted by Crippen LogP contribution is 2.24. The lowest BCUT2D eigenvalue weighted by Crippen LogP contribution is -2.30. The van der Waals surface area contributed by atoms with Crippen LogP contribution in [0.4, 0.5) is 4.39 Å². The molecule has 29 heavy (non-hydrogen) atoms. The largest absolute Gasteiger partial charge is 0.492 e. The molecule has 0 spiro atoms. The predicted molar refractivity (Wildman–Crippen MR) is 116 cm³/mol. The lowest BCUT2D eigenvalue weighted by molar-refractivity contribution is 0.00199. The normalized spacial score (nSPS) is 15.2. The highest BCUT2D eigenvalue weighted by atomic mass is 35.5. The Labute approximate surface area is 178 Å². The van der Waals surface area contributed by atoms with Crippen molar-refractivity contribution in [3.8, 4) is 17.0 Å². The zero-order valence-electron chi connectivity index (χ0n) is 17.2. The average molecular weight is 422 g/mol. The minimum atomic E-state index is -0.378. The van der Waals surface area contributed by atoms with Gasteiger partial charge in [-0.05, 0) is 82.4 Å². The summed E-state index contributed by atoms with van der Waals surface area (Å²) in [5, 5.41) is 7.25. The number of hydrogen-bond donors (Lipinski definition) is 1. The monoisotopic (exact) mass is 421 g/mol. The molecule has 0 atom stereocenters. The van der Waals surface area contributed by atoms with Crippen LogP contribution in [0.3, 0.4) is 0 Å². The fourth-order valence-corrected chi connectivity index (χ4v) is 2.95. The molecule has 1 aliphatic rings. The van der Waals surface area contributed by atoms with Crippen molar-refractivity contribution in [2.45, 2.75) is 39.2 Å². The van der Waals surface area contributed by atoms with Crippen LogP contribution in [0.5, 0.6) is 5.75 Å². The molecule has 1 aliphatic heterocycles.